The molecule has 0 aliphatic carbocycles. The minimum absolute atomic E-state index is 0.202. The molecule has 2 N–H and O–H groups in total. The number of rotatable bonds is 5. The molecule has 162 valence electrons. The third-order valence-electron chi connectivity index (χ3n) is 4.64. The number of amides is 1. The van der Waals surface area contributed by atoms with Gasteiger partial charge in [0.2, 0.25) is 0 Å². The number of carbonyl (C=O) groups excluding carboxylic acids is 1. The summed E-state index contributed by atoms with van der Waals surface area (Å²) < 4.78 is 6.25. The maximum atomic E-state index is 12.4. The summed E-state index contributed by atoms with van der Waals surface area (Å²) in [6.45, 7) is 0.462. The van der Waals surface area contributed by atoms with Gasteiger partial charge in [-0.05, 0) is 42.0 Å². The van der Waals surface area contributed by atoms with Crippen molar-refractivity contribution in [1.29, 1.82) is 0 Å². The highest BCUT2D eigenvalue weighted by atomic mass is 35.5. The predicted octanol–water partition coefficient (Wildman–Crippen LogP) is 6.08. The standard InChI is InChI=1S/C23H17Cl2N3O2S2/c1-30-20-16(24)10-15(11-17(20)25)21(29)28-23(31)26-12-13-6-8-14(9-7-13)22-27-18-4-2-3-5-19(18)32-22/h2-11H,12H2,1H3,(H2,26,28,29,31). The van der Waals surface area contributed by atoms with E-state index in [1.54, 1.807) is 11.3 Å². The van der Waals surface area contributed by atoms with Crippen molar-refractivity contribution >= 4 is 68.0 Å². The quantitative estimate of drug-likeness (QED) is 0.324. The monoisotopic (exact) mass is 501 g/mol. The Morgan fingerprint density at radius 1 is 1.09 bits per heavy atom. The summed E-state index contributed by atoms with van der Waals surface area (Å²) in [5.74, 6) is -0.0972. The largest absolute Gasteiger partial charge is 0.494 e. The second-order valence-corrected chi connectivity index (χ2v) is 9.05. The average molecular weight is 502 g/mol. The Hall–Kier alpha value is -2.71. The van der Waals surface area contributed by atoms with Gasteiger partial charge in [0.1, 0.15) is 5.01 Å². The Labute approximate surface area is 204 Å². The molecule has 5 nitrogen and oxygen atoms in total. The van der Waals surface area contributed by atoms with Crippen LogP contribution >= 0.6 is 46.8 Å². The van der Waals surface area contributed by atoms with Gasteiger partial charge in [0.25, 0.3) is 5.91 Å². The van der Waals surface area contributed by atoms with Gasteiger partial charge in [-0.2, -0.15) is 0 Å². The van der Waals surface area contributed by atoms with Gasteiger partial charge in [-0.15, -0.1) is 11.3 Å². The number of fused-ring (bicyclic) bond motifs is 1. The maximum Gasteiger partial charge on any atom is 0.257 e. The second-order valence-electron chi connectivity index (χ2n) is 6.79. The molecular weight excluding hydrogens is 485 g/mol. The molecule has 32 heavy (non-hydrogen) atoms. The van der Waals surface area contributed by atoms with Crippen molar-refractivity contribution in [3.8, 4) is 16.3 Å². The predicted molar refractivity (Wildman–Crippen MR) is 135 cm³/mol. The molecule has 1 heterocycles. The fourth-order valence-electron chi connectivity index (χ4n) is 3.05. The third kappa shape index (κ3) is 5.02. The Kier molecular flexibility index (Phi) is 6.91. The molecule has 0 saturated carbocycles. The highest BCUT2D eigenvalue weighted by Crippen LogP contribution is 2.34. The summed E-state index contributed by atoms with van der Waals surface area (Å²) in [6, 6.07) is 19.1. The van der Waals surface area contributed by atoms with Crippen LogP contribution in [-0.4, -0.2) is 23.1 Å². The van der Waals surface area contributed by atoms with Gasteiger partial charge in [0.05, 0.1) is 27.4 Å². The smallest absolute Gasteiger partial charge is 0.257 e. The Bertz CT molecular complexity index is 1250. The zero-order chi connectivity index (χ0) is 22.7. The Morgan fingerprint density at radius 2 is 1.78 bits per heavy atom. The number of nitrogens with zero attached hydrogens (tertiary/aromatic N) is 1. The molecule has 0 radical (unpaired) electrons. The van der Waals surface area contributed by atoms with Gasteiger partial charge >= 0.3 is 0 Å². The summed E-state index contributed by atoms with van der Waals surface area (Å²) in [4.78, 5) is 17.1. The molecule has 4 aromatic rings. The van der Waals surface area contributed by atoms with Crippen LogP contribution in [0.25, 0.3) is 20.8 Å². The number of hydrogen-bond donors (Lipinski definition) is 2. The molecule has 1 amide bonds. The molecule has 0 aliphatic rings. The average Bonchev–Trinajstić information content (AvgIpc) is 3.22. The summed E-state index contributed by atoms with van der Waals surface area (Å²) in [5.41, 5.74) is 3.35. The van der Waals surface area contributed by atoms with Crippen LogP contribution in [0.15, 0.2) is 60.7 Å². The first-order valence-corrected chi connectivity index (χ1v) is 11.5. The number of halogens is 2. The molecule has 0 saturated heterocycles. The Balaban J connectivity index is 1.35. The van der Waals surface area contributed by atoms with Crippen LogP contribution < -0.4 is 15.4 Å². The normalized spacial score (nSPS) is 10.7. The van der Waals surface area contributed by atoms with Crippen LogP contribution in [0.1, 0.15) is 15.9 Å². The van der Waals surface area contributed by atoms with E-state index in [0.29, 0.717) is 12.3 Å². The lowest BCUT2D eigenvalue weighted by atomic mass is 10.1. The number of methoxy groups -OCH3 is 1. The van der Waals surface area contributed by atoms with Gasteiger partial charge in [0.15, 0.2) is 10.9 Å². The van der Waals surface area contributed by atoms with Gasteiger partial charge < -0.3 is 10.1 Å². The van der Waals surface area contributed by atoms with Gasteiger partial charge in [-0.1, -0.05) is 59.6 Å². The SMILES string of the molecule is COc1c(Cl)cc(C(=O)NC(=S)NCc2ccc(-c3nc4ccccc4s3)cc2)cc1Cl. The zero-order valence-electron chi connectivity index (χ0n) is 16.8. The first-order chi connectivity index (χ1) is 15.4. The van der Waals surface area contributed by atoms with Crippen LogP contribution in [0.3, 0.4) is 0 Å². The number of thiazole rings is 1. The summed E-state index contributed by atoms with van der Waals surface area (Å²) in [6.07, 6.45) is 0. The molecule has 0 aliphatic heterocycles. The molecule has 0 unspecified atom stereocenters. The molecule has 9 heteroatoms. The first kappa shape index (κ1) is 22.5. The van der Waals surface area contributed by atoms with E-state index >= 15 is 0 Å². The summed E-state index contributed by atoms with van der Waals surface area (Å²) in [5, 5.41) is 7.33. The summed E-state index contributed by atoms with van der Waals surface area (Å²) >= 11 is 19.1. The minimum atomic E-state index is -0.417. The lowest BCUT2D eigenvalue weighted by molar-refractivity contribution is 0.0976. The zero-order valence-corrected chi connectivity index (χ0v) is 20.0. The molecule has 0 atom stereocenters. The number of ether oxygens (including phenoxy) is 1. The molecule has 1 aromatic heterocycles. The molecule has 0 fully saturated rings. The van der Waals surface area contributed by atoms with Gasteiger partial charge in [-0.3, -0.25) is 10.1 Å². The van der Waals surface area contributed by atoms with Crippen LogP contribution in [-0.2, 0) is 6.54 Å². The van der Waals surface area contributed by atoms with Crippen LogP contribution in [0.5, 0.6) is 5.75 Å². The fraction of sp³-hybridized carbons (Fsp3) is 0.0870. The highest BCUT2D eigenvalue weighted by molar-refractivity contribution is 7.80. The number of aromatic nitrogens is 1. The van der Waals surface area contributed by atoms with Crippen molar-refractivity contribution in [2.75, 3.05) is 7.11 Å². The van der Waals surface area contributed by atoms with E-state index in [0.717, 1.165) is 26.4 Å². The topological polar surface area (TPSA) is 63.2 Å². The van der Waals surface area contributed by atoms with Crippen LogP contribution in [0.2, 0.25) is 10.0 Å². The summed E-state index contributed by atoms with van der Waals surface area (Å²) in [7, 11) is 1.46. The van der Waals surface area contributed by atoms with Gasteiger partial charge in [-0.25, -0.2) is 4.98 Å². The third-order valence-corrected chi connectivity index (χ3v) is 6.53. The lowest BCUT2D eigenvalue weighted by Crippen LogP contribution is -2.38. The van der Waals surface area contributed by atoms with Crippen molar-refractivity contribution in [2.24, 2.45) is 0 Å². The number of hydrogen-bond acceptors (Lipinski definition) is 5. The van der Waals surface area contributed by atoms with Crippen molar-refractivity contribution in [2.45, 2.75) is 6.54 Å². The van der Waals surface area contributed by atoms with Crippen molar-refractivity contribution in [3.63, 3.8) is 0 Å². The fourth-order valence-corrected chi connectivity index (χ4v) is 4.83. The lowest BCUT2D eigenvalue weighted by Gasteiger charge is -2.11. The van der Waals surface area contributed by atoms with Crippen LogP contribution in [0, 0.1) is 0 Å². The van der Waals surface area contributed by atoms with E-state index in [9.17, 15) is 4.79 Å². The molecule has 0 bridgehead atoms. The van der Waals surface area contributed by atoms with Crippen molar-refractivity contribution in [1.82, 2.24) is 15.6 Å². The number of benzene rings is 3. The molecule has 3 aromatic carbocycles. The number of carbonyl (C=O) groups is 1. The number of thiocarbonyl (C=S) groups is 1. The number of nitrogens with one attached hydrogen (secondary N) is 2. The second kappa shape index (κ2) is 9.83. The highest BCUT2D eigenvalue weighted by Gasteiger charge is 2.14. The van der Waals surface area contributed by atoms with E-state index in [1.807, 2.05) is 42.5 Å². The first-order valence-electron chi connectivity index (χ1n) is 9.51. The van der Waals surface area contributed by atoms with Crippen molar-refractivity contribution < 1.29 is 9.53 Å². The maximum absolute atomic E-state index is 12.4. The van der Waals surface area contributed by atoms with E-state index in [1.165, 1.54) is 19.2 Å². The van der Waals surface area contributed by atoms with E-state index in [-0.39, 0.29) is 20.7 Å². The van der Waals surface area contributed by atoms with E-state index < -0.39 is 5.91 Å². The molecule has 4 rings (SSSR count). The van der Waals surface area contributed by atoms with E-state index in [4.69, 9.17) is 40.2 Å². The van der Waals surface area contributed by atoms with Crippen molar-refractivity contribution in [3.05, 3.63) is 81.8 Å². The minimum Gasteiger partial charge on any atom is -0.494 e. The van der Waals surface area contributed by atoms with Crippen LogP contribution in [0.4, 0.5) is 0 Å². The number of para-hydroxylation sites is 1. The molecular formula is C23H17Cl2N3O2S2. The van der Waals surface area contributed by atoms with Gasteiger partial charge in [0, 0.05) is 17.7 Å². The molecule has 0 spiro atoms. The Morgan fingerprint density at radius 3 is 2.44 bits per heavy atom. The van der Waals surface area contributed by atoms with E-state index in [2.05, 4.69) is 21.7 Å².